The summed E-state index contributed by atoms with van der Waals surface area (Å²) in [7, 11) is 0. The molecule has 7 aromatic rings. The minimum Gasteiger partial charge on any atom is -0.507 e. The number of nitrogens with zero attached hydrogens (tertiary/aromatic N) is 3. The van der Waals surface area contributed by atoms with Crippen LogP contribution in [0, 0.1) is 6.07 Å². The SMILES string of the molecule is CC(C)c1ccnc2c(-c3[c-]c(-c4cccc5c4nc(-c4ccccc4O)n5-c4ccc(C(C)(C)C)cc4)ccc3)cc(C(C)(C)C)cc12.[Pt]. The Morgan fingerprint density at radius 3 is 1.96 bits per heavy atom. The molecule has 0 amide bonds. The molecule has 0 unspecified atom stereocenters. The molecular formula is C45H44N3OPt-. The van der Waals surface area contributed by atoms with Gasteiger partial charge in [0.1, 0.15) is 11.6 Å². The van der Waals surface area contributed by atoms with Crippen molar-refractivity contribution >= 4 is 21.9 Å². The smallest absolute Gasteiger partial charge is 0.148 e. The van der Waals surface area contributed by atoms with Crippen LogP contribution < -0.4 is 0 Å². The zero-order valence-corrected chi connectivity index (χ0v) is 32.3. The van der Waals surface area contributed by atoms with Crippen molar-refractivity contribution in [3.63, 3.8) is 0 Å². The van der Waals surface area contributed by atoms with Crippen molar-refractivity contribution in [1.29, 1.82) is 0 Å². The Kier molecular flexibility index (Phi) is 9.39. The van der Waals surface area contributed by atoms with Crippen LogP contribution in [0.15, 0.2) is 109 Å². The van der Waals surface area contributed by atoms with Crippen LogP contribution in [-0.4, -0.2) is 19.6 Å². The average Bonchev–Trinajstić information content (AvgIpc) is 3.46. The number of fused-ring (bicyclic) bond motifs is 2. The molecule has 0 bridgehead atoms. The molecule has 2 heterocycles. The van der Waals surface area contributed by atoms with Gasteiger partial charge in [0.25, 0.3) is 0 Å². The predicted octanol–water partition coefficient (Wildman–Crippen LogP) is 11.8. The molecule has 2 aromatic heterocycles. The molecule has 5 heteroatoms. The summed E-state index contributed by atoms with van der Waals surface area (Å²) in [5.41, 5.74) is 12.3. The summed E-state index contributed by atoms with van der Waals surface area (Å²) in [4.78, 5) is 10.2. The van der Waals surface area contributed by atoms with Crippen LogP contribution in [0.1, 0.15) is 78.0 Å². The molecule has 0 fully saturated rings. The van der Waals surface area contributed by atoms with Crippen molar-refractivity contribution in [1.82, 2.24) is 14.5 Å². The molecular weight excluding hydrogens is 794 g/mol. The second-order valence-corrected chi connectivity index (χ2v) is 15.5. The molecule has 7 rings (SSSR count). The number of hydrogen-bond acceptors (Lipinski definition) is 3. The molecule has 50 heavy (non-hydrogen) atoms. The van der Waals surface area contributed by atoms with Crippen molar-refractivity contribution in [2.24, 2.45) is 0 Å². The van der Waals surface area contributed by atoms with Crippen LogP contribution in [0.25, 0.3) is 61.3 Å². The Labute approximate surface area is 310 Å². The molecule has 0 radical (unpaired) electrons. The monoisotopic (exact) mass is 837 g/mol. The van der Waals surface area contributed by atoms with Gasteiger partial charge in [-0.05, 0) is 75.2 Å². The summed E-state index contributed by atoms with van der Waals surface area (Å²) < 4.78 is 2.15. The van der Waals surface area contributed by atoms with Crippen LogP contribution in [0.3, 0.4) is 0 Å². The van der Waals surface area contributed by atoms with Crippen molar-refractivity contribution in [2.45, 2.75) is 72.1 Å². The normalized spacial score (nSPS) is 12.1. The van der Waals surface area contributed by atoms with Gasteiger partial charge in [0.15, 0.2) is 0 Å². The number of pyridine rings is 1. The standard InChI is InChI=1S/C45H44N3O.Pt/c1-28(2)34-23-24-46-41-37(26-32(27-38(34)41)45(6,7)8)30-14-11-13-29(25-30)35-16-12-17-39-42(35)47-43(36-15-9-10-18-40(36)49)48(39)33-21-19-31(20-22-33)44(3,4)5;/h9-24,26-28,49H,1-8H3;/q-1;. The molecule has 4 nitrogen and oxygen atoms in total. The van der Waals surface area contributed by atoms with E-state index in [4.69, 9.17) is 9.97 Å². The summed E-state index contributed by atoms with van der Waals surface area (Å²) in [6, 6.07) is 39.3. The summed E-state index contributed by atoms with van der Waals surface area (Å²) in [6.45, 7) is 17.9. The third kappa shape index (κ3) is 6.42. The van der Waals surface area contributed by atoms with Gasteiger partial charge in [0.05, 0.1) is 16.6 Å². The number of hydrogen-bond donors (Lipinski definition) is 1. The van der Waals surface area contributed by atoms with Gasteiger partial charge in [-0.2, -0.15) is 0 Å². The van der Waals surface area contributed by atoms with E-state index in [0.717, 1.165) is 44.5 Å². The van der Waals surface area contributed by atoms with E-state index in [1.807, 2.05) is 24.4 Å². The quantitative estimate of drug-likeness (QED) is 0.176. The van der Waals surface area contributed by atoms with Crippen LogP contribution in [0.5, 0.6) is 5.75 Å². The number of aromatic nitrogens is 3. The Morgan fingerprint density at radius 1 is 0.660 bits per heavy atom. The van der Waals surface area contributed by atoms with Gasteiger partial charge in [-0.3, -0.25) is 9.55 Å². The molecule has 0 atom stereocenters. The van der Waals surface area contributed by atoms with Gasteiger partial charge in [0.2, 0.25) is 0 Å². The van der Waals surface area contributed by atoms with E-state index in [2.05, 4.69) is 145 Å². The second-order valence-electron chi connectivity index (χ2n) is 15.5. The van der Waals surface area contributed by atoms with Gasteiger partial charge < -0.3 is 5.11 Å². The molecule has 0 spiro atoms. The van der Waals surface area contributed by atoms with E-state index in [9.17, 15) is 5.11 Å². The molecule has 256 valence electrons. The fraction of sp³-hybridized carbons (Fsp3) is 0.244. The number of benzene rings is 5. The third-order valence-electron chi connectivity index (χ3n) is 9.56. The van der Waals surface area contributed by atoms with Crippen LogP contribution in [0.2, 0.25) is 0 Å². The largest absolute Gasteiger partial charge is 0.507 e. The Hall–Kier alpha value is -4.53. The number of rotatable bonds is 5. The first kappa shape index (κ1) is 35.3. The summed E-state index contributed by atoms with van der Waals surface area (Å²) in [5.74, 6) is 1.26. The maximum atomic E-state index is 11.0. The average molecular weight is 838 g/mol. The molecule has 0 aliphatic heterocycles. The maximum Gasteiger partial charge on any atom is 0.148 e. The predicted molar refractivity (Wildman–Crippen MR) is 205 cm³/mol. The van der Waals surface area contributed by atoms with E-state index in [1.165, 1.54) is 22.1 Å². The number of phenols is 1. The third-order valence-corrected chi connectivity index (χ3v) is 9.56. The van der Waals surface area contributed by atoms with Crippen molar-refractivity contribution < 1.29 is 26.2 Å². The van der Waals surface area contributed by atoms with Crippen molar-refractivity contribution in [2.75, 3.05) is 0 Å². The first-order chi connectivity index (χ1) is 23.3. The van der Waals surface area contributed by atoms with Gasteiger partial charge in [-0.1, -0.05) is 115 Å². The minimum absolute atomic E-state index is 0. The van der Waals surface area contributed by atoms with E-state index in [1.54, 1.807) is 6.07 Å². The Bertz CT molecular complexity index is 2340. The summed E-state index contributed by atoms with van der Waals surface area (Å²) in [6.07, 6.45) is 1.93. The zero-order chi connectivity index (χ0) is 34.7. The van der Waals surface area contributed by atoms with Gasteiger partial charge in [0, 0.05) is 38.5 Å². The van der Waals surface area contributed by atoms with Crippen molar-refractivity contribution in [3.8, 4) is 45.1 Å². The van der Waals surface area contributed by atoms with Crippen LogP contribution >= 0.6 is 0 Å². The number of para-hydroxylation sites is 2. The first-order valence-electron chi connectivity index (χ1n) is 17.2. The molecule has 5 aromatic carbocycles. The van der Waals surface area contributed by atoms with Crippen LogP contribution in [0.4, 0.5) is 0 Å². The molecule has 0 saturated carbocycles. The van der Waals surface area contributed by atoms with Gasteiger partial charge in [-0.25, -0.2) is 4.98 Å². The Balaban J connectivity index is 0.00000432. The first-order valence-corrected chi connectivity index (χ1v) is 17.2. The number of imidazole rings is 1. The van der Waals surface area contributed by atoms with E-state index in [-0.39, 0.29) is 37.6 Å². The minimum atomic E-state index is -0.0342. The number of phenolic OH excluding ortho intramolecular Hbond substituents is 1. The van der Waals surface area contributed by atoms with Gasteiger partial charge in [-0.15, -0.1) is 35.4 Å². The Morgan fingerprint density at radius 2 is 1.30 bits per heavy atom. The van der Waals surface area contributed by atoms with E-state index in [0.29, 0.717) is 17.3 Å². The van der Waals surface area contributed by atoms with Crippen molar-refractivity contribution in [3.05, 3.63) is 132 Å². The fourth-order valence-electron chi connectivity index (χ4n) is 6.73. The zero-order valence-electron chi connectivity index (χ0n) is 30.1. The molecule has 0 saturated heterocycles. The topological polar surface area (TPSA) is 50.9 Å². The second kappa shape index (κ2) is 13.3. The molecule has 0 aliphatic carbocycles. The number of aromatic hydroxyl groups is 1. The van der Waals surface area contributed by atoms with Gasteiger partial charge >= 0.3 is 0 Å². The molecule has 1 N–H and O–H groups in total. The molecule has 0 aliphatic rings. The summed E-state index contributed by atoms with van der Waals surface area (Å²) in [5, 5.41) is 12.2. The van der Waals surface area contributed by atoms with E-state index < -0.39 is 0 Å². The van der Waals surface area contributed by atoms with E-state index >= 15 is 0 Å². The maximum absolute atomic E-state index is 11.0. The fourth-order valence-corrected chi connectivity index (χ4v) is 6.73. The van der Waals surface area contributed by atoms with Crippen LogP contribution in [-0.2, 0) is 31.9 Å². The summed E-state index contributed by atoms with van der Waals surface area (Å²) >= 11 is 0.